The molecule has 0 saturated heterocycles. The van der Waals surface area contributed by atoms with E-state index in [0.29, 0.717) is 12.5 Å². The van der Waals surface area contributed by atoms with E-state index in [4.69, 9.17) is 10.5 Å². The van der Waals surface area contributed by atoms with Crippen molar-refractivity contribution >= 4 is 10.8 Å². The van der Waals surface area contributed by atoms with Crippen molar-refractivity contribution in [3.05, 3.63) is 42.0 Å². The minimum Gasteiger partial charge on any atom is -0.497 e. The molecule has 0 aliphatic rings. The van der Waals surface area contributed by atoms with Crippen LogP contribution in [0.3, 0.4) is 0 Å². The monoisotopic (exact) mass is 229 g/mol. The minimum atomic E-state index is 0.460. The summed E-state index contributed by atoms with van der Waals surface area (Å²) in [6.07, 6.45) is 1.08. The number of ether oxygens (including phenoxy) is 1. The average molecular weight is 229 g/mol. The van der Waals surface area contributed by atoms with Gasteiger partial charge < -0.3 is 10.5 Å². The van der Waals surface area contributed by atoms with Gasteiger partial charge in [0.1, 0.15) is 5.75 Å². The zero-order valence-electron chi connectivity index (χ0n) is 10.4. The first-order chi connectivity index (χ1) is 8.28. The van der Waals surface area contributed by atoms with Gasteiger partial charge >= 0.3 is 0 Å². The first-order valence-electron chi connectivity index (χ1n) is 6.06. The Kier molecular flexibility index (Phi) is 3.64. The van der Waals surface area contributed by atoms with Crippen molar-refractivity contribution in [3.63, 3.8) is 0 Å². The van der Waals surface area contributed by atoms with Crippen LogP contribution in [0.1, 0.15) is 24.8 Å². The van der Waals surface area contributed by atoms with Gasteiger partial charge in [-0.2, -0.15) is 0 Å². The lowest BCUT2D eigenvalue weighted by Gasteiger charge is -2.13. The van der Waals surface area contributed by atoms with E-state index in [1.54, 1.807) is 7.11 Å². The Morgan fingerprint density at radius 1 is 1.12 bits per heavy atom. The molecule has 2 heteroatoms. The van der Waals surface area contributed by atoms with Crippen LogP contribution in [0.15, 0.2) is 36.4 Å². The summed E-state index contributed by atoms with van der Waals surface area (Å²) in [6.45, 7) is 2.88. The summed E-state index contributed by atoms with van der Waals surface area (Å²) in [4.78, 5) is 0. The molecule has 2 rings (SSSR count). The Morgan fingerprint density at radius 3 is 2.47 bits per heavy atom. The molecule has 2 aromatic carbocycles. The maximum atomic E-state index is 5.79. The standard InChI is InChI=1S/C15H19NO/c1-3-11(10-16)12-4-5-14-9-15(17-2)7-6-13(14)8-12/h4-9,11H,3,10,16H2,1-2H3. The highest BCUT2D eigenvalue weighted by Crippen LogP contribution is 2.26. The Bertz CT molecular complexity index is 503. The van der Waals surface area contributed by atoms with Gasteiger partial charge in [-0.3, -0.25) is 0 Å². The van der Waals surface area contributed by atoms with Crippen LogP contribution in [0, 0.1) is 0 Å². The van der Waals surface area contributed by atoms with Crippen LogP contribution in [0.2, 0.25) is 0 Å². The second-order valence-corrected chi connectivity index (χ2v) is 4.31. The molecular weight excluding hydrogens is 210 g/mol. The van der Waals surface area contributed by atoms with Crippen LogP contribution in [0.25, 0.3) is 10.8 Å². The van der Waals surface area contributed by atoms with E-state index >= 15 is 0 Å². The summed E-state index contributed by atoms with van der Waals surface area (Å²) < 4.78 is 5.22. The van der Waals surface area contributed by atoms with Crippen LogP contribution in [0.4, 0.5) is 0 Å². The number of methoxy groups -OCH3 is 1. The van der Waals surface area contributed by atoms with Crippen LogP contribution < -0.4 is 10.5 Å². The predicted octanol–water partition coefficient (Wildman–Crippen LogP) is 3.30. The quantitative estimate of drug-likeness (QED) is 0.873. The van der Waals surface area contributed by atoms with Crippen molar-refractivity contribution in [1.82, 2.24) is 0 Å². The van der Waals surface area contributed by atoms with Crippen molar-refractivity contribution in [2.75, 3.05) is 13.7 Å². The molecule has 2 nitrogen and oxygen atoms in total. The molecule has 0 spiro atoms. The fourth-order valence-electron chi connectivity index (χ4n) is 2.16. The number of nitrogens with two attached hydrogens (primary N) is 1. The molecule has 90 valence electrons. The lowest BCUT2D eigenvalue weighted by molar-refractivity contribution is 0.415. The lowest BCUT2D eigenvalue weighted by Crippen LogP contribution is -2.11. The van der Waals surface area contributed by atoms with Crippen LogP contribution in [-0.2, 0) is 0 Å². The van der Waals surface area contributed by atoms with Gasteiger partial charge in [0.05, 0.1) is 7.11 Å². The second-order valence-electron chi connectivity index (χ2n) is 4.31. The maximum absolute atomic E-state index is 5.79. The average Bonchev–Trinajstić information content (AvgIpc) is 2.39. The Labute approximate surface area is 102 Å². The van der Waals surface area contributed by atoms with Gasteiger partial charge in [-0.15, -0.1) is 0 Å². The van der Waals surface area contributed by atoms with Gasteiger partial charge in [0, 0.05) is 0 Å². The molecule has 0 aliphatic heterocycles. The normalized spacial score (nSPS) is 12.6. The molecule has 17 heavy (non-hydrogen) atoms. The van der Waals surface area contributed by atoms with E-state index in [-0.39, 0.29) is 0 Å². The van der Waals surface area contributed by atoms with E-state index in [2.05, 4.69) is 37.3 Å². The SMILES string of the molecule is CCC(CN)c1ccc2cc(OC)ccc2c1. The summed E-state index contributed by atoms with van der Waals surface area (Å²) in [5, 5.41) is 2.45. The predicted molar refractivity (Wildman–Crippen MR) is 72.6 cm³/mol. The summed E-state index contributed by atoms with van der Waals surface area (Å²) in [7, 11) is 1.69. The second kappa shape index (κ2) is 5.19. The molecule has 0 aliphatic carbocycles. The molecule has 1 unspecified atom stereocenters. The third-order valence-corrected chi connectivity index (χ3v) is 3.32. The van der Waals surface area contributed by atoms with Crippen molar-refractivity contribution in [1.29, 1.82) is 0 Å². The minimum absolute atomic E-state index is 0.460. The Hall–Kier alpha value is -1.54. The number of benzene rings is 2. The van der Waals surface area contributed by atoms with Gasteiger partial charge in [-0.05, 0) is 47.4 Å². The molecule has 0 bridgehead atoms. The fraction of sp³-hybridized carbons (Fsp3) is 0.333. The number of fused-ring (bicyclic) bond motifs is 1. The van der Waals surface area contributed by atoms with Crippen molar-refractivity contribution in [2.45, 2.75) is 19.3 Å². The largest absolute Gasteiger partial charge is 0.497 e. The highest BCUT2D eigenvalue weighted by Gasteiger charge is 2.07. The molecule has 0 fully saturated rings. The Balaban J connectivity index is 2.44. The molecule has 0 heterocycles. The van der Waals surface area contributed by atoms with Gasteiger partial charge in [0.15, 0.2) is 0 Å². The molecule has 1 atom stereocenters. The highest BCUT2D eigenvalue weighted by atomic mass is 16.5. The van der Waals surface area contributed by atoms with Gasteiger partial charge in [-0.25, -0.2) is 0 Å². The highest BCUT2D eigenvalue weighted by molar-refractivity contribution is 5.84. The van der Waals surface area contributed by atoms with E-state index in [1.807, 2.05) is 6.07 Å². The summed E-state index contributed by atoms with van der Waals surface area (Å²) >= 11 is 0. The summed E-state index contributed by atoms with van der Waals surface area (Å²) in [6, 6.07) is 12.7. The van der Waals surface area contributed by atoms with E-state index in [0.717, 1.165) is 12.2 Å². The van der Waals surface area contributed by atoms with Gasteiger partial charge in [0.2, 0.25) is 0 Å². The van der Waals surface area contributed by atoms with Crippen molar-refractivity contribution in [3.8, 4) is 5.75 Å². The van der Waals surface area contributed by atoms with Gasteiger partial charge in [0.25, 0.3) is 0 Å². The maximum Gasteiger partial charge on any atom is 0.119 e. The van der Waals surface area contributed by atoms with Gasteiger partial charge in [-0.1, -0.05) is 31.2 Å². The molecule has 0 saturated carbocycles. The zero-order chi connectivity index (χ0) is 12.3. The molecule has 2 N–H and O–H groups in total. The Morgan fingerprint density at radius 2 is 1.82 bits per heavy atom. The molecule has 0 amide bonds. The number of hydrogen-bond donors (Lipinski definition) is 1. The van der Waals surface area contributed by atoms with Crippen molar-refractivity contribution < 1.29 is 4.74 Å². The summed E-state index contributed by atoms with van der Waals surface area (Å²) in [5.41, 5.74) is 7.11. The van der Waals surface area contributed by atoms with E-state index in [1.165, 1.54) is 16.3 Å². The molecule has 0 radical (unpaired) electrons. The fourth-order valence-corrected chi connectivity index (χ4v) is 2.16. The molecular formula is C15H19NO. The lowest BCUT2D eigenvalue weighted by atomic mass is 9.94. The van der Waals surface area contributed by atoms with E-state index in [9.17, 15) is 0 Å². The topological polar surface area (TPSA) is 35.2 Å². The van der Waals surface area contributed by atoms with Crippen molar-refractivity contribution in [2.24, 2.45) is 5.73 Å². The molecule has 0 aromatic heterocycles. The third-order valence-electron chi connectivity index (χ3n) is 3.32. The third kappa shape index (κ3) is 2.42. The number of rotatable bonds is 4. The molecule has 2 aromatic rings. The number of hydrogen-bond acceptors (Lipinski definition) is 2. The zero-order valence-corrected chi connectivity index (χ0v) is 10.4. The van der Waals surface area contributed by atoms with Crippen LogP contribution >= 0.6 is 0 Å². The first-order valence-corrected chi connectivity index (χ1v) is 6.06. The smallest absolute Gasteiger partial charge is 0.119 e. The first kappa shape index (κ1) is 11.9. The summed E-state index contributed by atoms with van der Waals surface area (Å²) in [5.74, 6) is 1.36. The van der Waals surface area contributed by atoms with Crippen LogP contribution in [-0.4, -0.2) is 13.7 Å². The van der Waals surface area contributed by atoms with Crippen LogP contribution in [0.5, 0.6) is 5.75 Å². The van der Waals surface area contributed by atoms with E-state index < -0.39 is 0 Å².